The molecule has 3 nitrogen and oxygen atoms in total. The molecule has 0 radical (unpaired) electrons. The molecule has 5 atom stereocenters. The molecule has 166 valence electrons. The van der Waals surface area contributed by atoms with E-state index in [4.69, 9.17) is 9.26 Å². The van der Waals surface area contributed by atoms with E-state index >= 15 is 0 Å². The molecule has 1 aromatic carbocycles. The van der Waals surface area contributed by atoms with Gasteiger partial charge in [-0.3, -0.25) is 4.79 Å². The van der Waals surface area contributed by atoms with Crippen molar-refractivity contribution in [3.8, 4) is 5.75 Å². The normalized spacial score (nSPS) is 34.5. The Kier molecular flexibility index (Phi) is 5.86. The van der Waals surface area contributed by atoms with Crippen molar-refractivity contribution >= 4 is 14.8 Å². The van der Waals surface area contributed by atoms with E-state index in [1.54, 1.807) is 5.56 Å². The van der Waals surface area contributed by atoms with Gasteiger partial charge in [0.1, 0.15) is 5.75 Å². The Morgan fingerprint density at radius 1 is 1.13 bits per heavy atom. The lowest BCUT2D eigenvalue weighted by Crippen LogP contribution is -2.55. The molecule has 1 aromatic rings. The van der Waals surface area contributed by atoms with Gasteiger partial charge in [0.2, 0.25) is 0 Å². The number of fused-ring (bicyclic) bond motifs is 5. The van der Waals surface area contributed by atoms with Gasteiger partial charge in [0.25, 0.3) is 0 Å². The minimum absolute atomic E-state index is 0.199. The number of ether oxygens (including phenoxy) is 1. The molecular formula is C26H39O3P. The molecule has 30 heavy (non-hydrogen) atoms. The Balaban J connectivity index is 1.62. The Hall–Kier alpha value is -0.920. The van der Waals surface area contributed by atoms with Crippen LogP contribution in [-0.4, -0.2) is 19.2 Å². The molecule has 0 saturated heterocycles. The molecule has 0 heterocycles. The third-order valence-corrected chi connectivity index (χ3v) is 9.46. The van der Waals surface area contributed by atoms with Crippen molar-refractivity contribution in [3.05, 3.63) is 28.8 Å². The summed E-state index contributed by atoms with van der Waals surface area (Å²) in [6.45, 7) is 14.7. The van der Waals surface area contributed by atoms with E-state index in [0.29, 0.717) is 44.3 Å². The van der Waals surface area contributed by atoms with E-state index in [1.165, 1.54) is 43.2 Å². The van der Waals surface area contributed by atoms with Gasteiger partial charge in [0, 0.05) is 8.81 Å². The van der Waals surface area contributed by atoms with Crippen molar-refractivity contribution in [2.75, 3.05) is 13.3 Å². The van der Waals surface area contributed by atoms with Gasteiger partial charge in [0.05, 0.1) is 13.0 Å². The van der Waals surface area contributed by atoms with Crippen LogP contribution in [0.4, 0.5) is 0 Å². The van der Waals surface area contributed by atoms with Gasteiger partial charge in [-0.1, -0.05) is 34.1 Å². The number of rotatable bonds is 5. The van der Waals surface area contributed by atoms with Crippen LogP contribution in [0.1, 0.15) is 82.9 Å². The summed E-state index contributed by atoms with van der Waals surface area (Å²) >= 11 is 0. The number of hydrogen-bond acceptors (Lipinski definition) is 3. The van der Waals surface area contributed by atoms with Crippen LogP contribution in [0.3, 0.4) is 0 Å². The number of esters is 1. The van der Waals surface area contributed by atoms with Crippen LogP contribution in [0.5, 0.6) is 5.75 Å². The number of hydrogen-bond donors (Lipinski definition) is 0. The van der Waals surface area contributed by atoms with Crippen LogP contribution in [0.15, 0.2) is 12.1 Å². The molecule has 3 aliphatic rings. The van der Waals surface area contributed by atoms with Crippen molar-refractivity contribution in [2.45, 2.75) is 85.0 Å². The summed E-state index contributed by atoms with van der Waals surface area (Å²) in [6.07, 6.45) is 8.13. The van der Waals surface area contributed by atoms with Crippen LogP contribution in [-0.2, 0) is 21.2 Å². The maximum Gasteiger partial charge on any atom is 0.313 e. The van der Waals surface area contributed by atoms with Gasteiger partial charge in [0.15, 0.2) is 0 Å². The molecule has 2 saturated carbocycles. The molecule has 0 aliphatic heterocycles. The van der Waals surface area contributed by atoms with Crippen molar-refractivity contribution in [1.29, 1.82) is 0 Å². The first-order valence-electron chi connectivity index (χ1n) is 11.7. The van der Waals surface area contributed by atoms with E-state index < -0.39 is 0 Å². The van der Waals surface area contributed by atoms with Crippen LogP contribution in [0.2, 0.25) is 0 Å². The predicted octanol–water partition coefficient (Wildman–Crippen LogP) is 6.59. The fraction of sp³-hybridized carbons (Fsp3) is 0.731. The standard InChI is InChI=1S/C26H39O3P/c1-17-14-19(29-22(27)9-13-28-30-6)15-18-16-21-25(4)11-7-10-24(2,3)20(25)8-12-26(21,5)23(17)18/h14-15,20-21,30H,7-13,16H2,1-6H3/t20?,21-,25+,26?/m1/s1. The highest BCUT2D eigenvalue weighted by Crippen LogP contribution is 2.67. The van der Waals surface area contributed by atoms with Gasteiger partial charge < -0.3 is 9.26 Å². The summed E-state index contributed by atoms with van der Waals surface area (Å²) in [6, 6.07) is 4.25. The van der Waals surface area contributed by atoms with Crippen molar-refractivity contribution in [2.24, 2.45) is 22.7 Å². The molecule has 0 N–H and O–H groups in total. The first-order valence-corrected chi connectivity index (χ1v) is 13.2. The van der Waals surface area contributed by atoms with Crippen molar-refractivity contribution in [3.63, 3.8) is 0 Å². The molecule has 4 heteroatoms. The number of carbonyl (C=O) groups excluding carboxylic acids is 1. The lowest BCUT2D eigenvalue weighted by atomic mass is 9.43. The summed E-state index contributed by atoms with van der Waals surface area (Å²) in [5, 5.41) is 0. The lowest BCUT2D eigenvalue weighted by Gasteiger charge is -2.61. The Bertz CT molecular complexity index is 832. The minimum Gasteiger partial charge on any atom is -0.426 e. The third-order valence-electron chi connectivity index (χ3n) is 8.96. The Morgan fingerprint density at radius 2 is 1.90 bits per heavy atom. The van der Waals surface area contributed by atoms with Crippen LogP contribution in [0, 0.1) is 29.6 Å². The average molecular weight is 431 g/mol. The zero-order valence-electron chi connectivity index (χ0n) is 19.7. The maximum atomic E-state index is 12.2. The molecular weight excluding hydrogens is 391 g/mol. The van der Waals surface area contributed by atoms with Gasteiger partial charge in [-0.05, 0) is 103 Å². The molecule has 4 rings (SSSR count). The number of aryl methyl sites for hydroxylation is 1. The minimum atomic E-state index is -0.199. The maximum absolute atomic E-state index is 12.2. The molecule has 3 aliphatic carbocycles. The predicted molar refractivity (Wildman–Crippen MR) is 125 cm³/mol. The van der Waals surface area contributed by atoms with E-state index in [9.17, 15) is 4.79 Å². The SMILES string of the molecule is CPOCCC(=O)Oc1cc(C)c2c(c1)C[C@H]1C2(C)CCC2C(C)(C)CCC[C@@]21C. The fourth-order valence-corrected chi connectivity index (χ4v) is 8.21. The highest BCUT2D eigenvalue weighted by atomic mass is 31.1. The summed E-state index contributed by atoms with van der Waals surface area (Å²) < 4.78 is 11.0. The molecule has 0 bridgehead atoms. The monoisotopic (exact) mass is 430 g/mol. The zero-order chi connectivity index (χ0) is 21.7. The van der Waals surface area contributed by atoms with E-state index in [1.807, 2.05) is 6.66 Å². The lowest BCUT2D eigenvalue weighted by molar-refractivity contribution is -0.134. The van der Waals surface area contributed by atoms with E-state index in [2.05, 4.69) is 46.8 Å². The van der Waals surface area contributed by atoms with Gasteiger partial charge in [-0.15, -0.1) is 0 Å². The van der Waals surface area contributed by atoms with Gasteiger partial charge in [-0.2, -0.15) is 0 Å². The van der Waals surface area contributed by atoms with Crippen LogP contribution >= 0.6 is 8.81 Å². The first kappa shape index (κ1) is 22.3. The van der Waals surface area contributed by atoms with E-state index in [-0.39, 0.29) is 11.4 Å². The molecule has 3 unspecified atom stereocenters. The van der Waals surface area contributed by atoms with Crippen LogP contribution in [0.25, 0.3) is 0 Å². The Labute approximate surface area is 184 Å². The Morgan fingerprint density at radius 3 is 2.63 bits per heavy atom. The fourth-order valence-electron chi connectivity index (χ4n) is 7.91. The highest BCUT2D eigenvalue weighted by Gasteiger charge is 2.61. The summed E-state index contributed by atoms with van der Waals surface area (Å²) in [4.78, 5) is 12.2. The first-order chi connectivity index (χ1) is 14.1. The van der Waals surface area contributed by atoms with Crippen LogP contribution < -0.4 is 4.74 Å². The largest absolute Gasteiger partial charge is 0.426 e. The summed E-state index contributed by atoms with van der Waals surface area (Å²) in [5.74, 6) is 2.00. The second-order valence-corrected chi connectivity index (χ2v) is 11.9. The topological polar surface area (TPSA) is 35.5 Å². The van der Waals surface area contributed by atoms with Crippen molar-refractivity contribution in [1.82, 2.24) is 0 Å². The smallest absolute Gasteiger partial charge is 0.313 e. The zero-order valence-corrected chi connectivity index (χ0v) is 20.7. The quantitative estimate of drug-likeness (QED) is 0.229. The molecule has 0 amide bonds. The third kappa shape index (κ3) is 3.55. The number of benzene rings is 1. The number of carbonyl (C=O) groups is 1. The molecule has 0 aromatic heterocycles. The summed E-state index contributed by atoms with van der Waals surface area (Å²) in [5.41, 5.74) is 5.35. The highest BCUT2D eigenvalue weighted by molar-refractivity contribution is 7.31. The molecule has 2 fully saturated rings. The van der Waals surface area contributed by atoms with Gasteiger partial charge >= 0.3 is 5.97 Å². The van der Waals surface area contributed by atoms with Gasteiger partial charge in [-0.25, -0.2) is 0 Å². The summed E-state index contributed by atoms with van der Waals surface area (Å²) in [7, 11) is 0.409. The van der Waals surface area contributed by atoms with E-state index in [0.717, 1.165) is 12.3 Å². The average Bonchev–Trinajstić information content (AvgIpc) is 2.95. The second kappa shape index (κ2) is 7.89. The second-order valence-electron chi connectivity index (χ2n) is 11.2. The van der Waals surface area contributed by atoms with Crippen molar-refractivity contribution < 1.29 is 14.1 Å². The molecule has 0 spiro atoms.